The summed E-state index contributed by atoms with van der Waals surface area (Å²) in [6, 6.07) is 15.9. The molecule has 8 heteroatoms. The van der Waals surface area contributed by atoms with Gasteiger partial charge in [0.15, 0.2) is 15.7 Å². The molecule has 0 aliphatic carbocycles. The summed E-state index contributed by atoms with van der Waals surface area (Å²) in [5.74, 6) is 1.61. The SMILES string of the molecule is COc1ccc2nc(-c3cccnc3)nc(Nc3ccccc3S(C)(=O)=O)c2c1. The number of pyridine rings is 1. The van der Waals surface area contributed by atoms with Gasteiger partial charge < -0.3 is 10.1 Å². The van der Waals surface area contributed by atoms with Gasteiger partial charge in [-0.2, -0.15) is 0 Å². The van der Waals surface area contributed by atoms with Crippen molar-refractivity contribution in [1.82, 2.24) is 15.0 Å². The molecule has 1 N–H and O–H groups in total. The topological polar surface area (TPSA) is 94.1 Å². The van der Waals surface area contributed by atoms with Crippen LogP contribution in [-0.4, -0.2) is 36.7 Å². The quantitative estimate of drug-likeness (QED) is 0.538. The van der Waals surface area contributed by atoms with Gasteiger partial charge in [-0.3, -0.25) is 4.98 Å². The fraction of sp³-hybridized carbons (Fsp3) is 0.0952. The van der Waals surface area contributed by atoms with Crippen molar-refractivity contribution in [3.05, 3.63) is 67.0 Å². The highest BCUT2D eigenvalue weighted by molar-refractivity contribution is 7.90. The minimum absolute atomic E-state index is 0.192. The monoisotopic (exact) mass is 406 g/mol. The van der Waals surface area contributed by atoms with E-state index in [0.717, 1.165) is 5.56 Å². The molecule has 0 bridgehead atoms. The van der Waals surface area contributed by atoms with Crippen molar-refractivity contribution in [2.45, 2.75) is 4.90 Å². The molecule has 0 aliphatic rings. The molecule has 2 aromatic carbocycles. The number of nitrogens with one attached hydrogen (secondary N) is 1. The molecule has 0 atom stereocenters. The van der Waals surface area contributed by atoms with E-state index in [-0.39, 0.29) is 4.90 Å². The smallest absolute Gasteiger partial charge is 0.177 e. The maximum Gasteiger partial charge on any atom is 0.177 e. The zero-order valence-corrected chi connectivity index (χ0v) is 16.6. The molecule has 4 rings (SSSR count). The minimum Gasteiger partial charge on any atom is -0.497 e. The van der Waals surface area contributed by atoms with E-state index in [1.807, 2.05) is 30.3 Å². The lowest BCUT2D eigenvalue weighted by atomic mass is 10.2. The molecule has 7 nitrogen and oxygen atoms in total. The van der Waals surface area contributed by atoms with Crippen molar-refractivity contribution < 1.29 is 13.2 Å². The zero-order valence-electron chi connectivity index (χ0n) is 15.8. The van der Waals surface area contributed by atoms with E-state index in [1.165, 1.54) is 6.26 Å². The summed E-state index contributed by atoms with van der Waals surface area (Å²) in [5.41, 5.74) is 1.89. The molecular formula is C21H18N4O3S. The molecule has 29 heavy (non-hydrogen) atoms. The van der Waals surface area contributed by atoms with Crippen LogP contribution in [0.1, 0.15) is 0 Å². The van der Waals surface area contributed by atoms with Crippen LogP contribution in [0.5, 0.6) is 5.75 Å². The molecule has 0 fully saturated rings. The highest BCUT2D eigenvalue weighted by Crippen LogP contribution is 2.31. The molecule has 0 spiro atoms. The van der Waals surface area contributed by atoms with E-state index < -0.39 is 9.84 Å². The van der Waals surface area contributed by atoms with Crippen LogP contribution in [0, 0.1) is 0 Å². The first kappa shape index (κ1) is 18.8. The Balaban J connectivity index is 1.93. The van der Waals surface area contributed by atoms with Gasteiger partial charge in [0.25, 0.3) is 0 Å². The second kappa shape index (κ2) is 7.48. The Hall–Kier alpha value is -3.52. The predicted molar refractivity (Wildman–Crippen MR) is 112 cm³/mol. The number of hydrogen-bond acceptors (Lipinski definition) is 7. The van der Waals surface area contributed by atoms with E-state index in [1.54, 1.807) is 43.8 Å². The number of benzene rings is 2. The van der Waals surface area contributed by atoms with Crippen LogP contribution in [0.4, 0.5) is 11.5 Å². The second-order valence-electron chi connectivity index (χ2n) is 6.41. The number of rotatable bonds is 5. The van der Waals surface area contributed by atoms with Gasteiger partial charge in [0.05, 0.1) is 23.2 Å². The number of nitrogens with zero attached hydrogens (tertiary/aromatic N) is 3. The fourth-order valence-electron chi connectivity index (χ4n) is 2.97. The summed E-state index contributed by atoms with van der Waals surface area (Å²) >= 11 is 0. The van der Waals surface area contributed by atoms with Crippen molar-refractivity contribution >= 4 is 32.2 Å². The molecule has 0 unspecified atom stereocenters. The molecule has 0 amide bonds. The summed E-state index contributed by atoms with van der Waals surface area (Å²) in [7, 11) is -1.84. The van der Waals surface area contributed by atoms with Crippen LogP contribution in [0.3, 0.4) is 0 Å². The van der Waals surface area contributed by atoms with Gasteiger partial charge in [-0.05, 0) is 42.5 Å². The number of ether oxygens (including phenoxy) is 1. The first-order valence-corrected chi connectivity index (χ1v) is 10.7. The van der Waals surface area contributed by atoms with Crippen molar-refractivity contribution in [2.75, 3.05) is 18.7 Å². The maximum absolute atomic E-state index is 12.2. The van der Waals surface area contributed by atoms with Crippen LogP contribution in [-0.2, 0) is 9.84 Å². The van der Waals surface area contributed by atoms with Crippen LogP contribution in [0.15, 0.2) is 71.9 Å². The average Bonchev–Trinajstić information content (AvgIpc) is 2.73. The molecule has 0 radical (unpaired) electrons. The third-order valence-electron chi connectivity index (χ3n) is 4.36. The van der Waals surface area contributed by atoms with Gasteiger partial charge in [0, 0.05) is 29.6 Å². The number of fused-ring (bicyclic) bond motifs is 1. The Morgan fingerprint density at radius 3 is 2.55 bits per heavy atom. The van der Waals surface area contributed by atoms with Crippen molar-refractivity contribution in [2.24, 2.45) is 0 Å². The van der Waals surface area contributed by atoms with Crippen LogP contribution >= 0.6 is 0 Å². The molecule has 0 saturated heterocycles. The minimum atomic E-state index is -3.42. The van der Waals surface area contributed by atoms with Crippen molar-refractivity contribution in [3.63, 3.8) is 0 Å². The van der Waals surface area contributed by atoms with Crippen molar-refractivity contribution in [3.8, 4) is 17.1 Å². The Kier molecular flexibility index (Phi) is 4.85. The normalized spacial score (nSPS) is 11.4. The first-order chi connectivity index (χ1) is 14.0. The Bertz CT molecular complexity index is 1290. The average molecular weight is 406 g/mol. The summed E-state index contributed by atoms with van der Waals surface area (Å²) in [4.78, 5) is 13.6. The first-order valence-electron chi connectivity index (χ1n) is 8.78. The van der Waals surface area contributed by atoms with Crippen molar-refractivity contribution in [1.29, 1.82) is 0 Å². The number of sulfone groups is 1. The predicted octanol–water partition coefficient (Wildman–Crippen LogP) is 3.85. The number of para-hydroxylation sites is 1. The summed E-state index contributed by atoms with van der Waals surface area (Å²) < 4.78 is 29.7. The van der Waals surface area contributed by atoms with Crippen LogP contribution in [0.2, 0.25) is 0 Å². The maximum atomic E-state index is 12.2. The van der Waals surface area contributed by atoms with Gasteiger partial charge in [-0.1, -0.05) is 12.1 Å². The van der Waals surface area contributed by atoms with Gasteiger partial charge in [0.2, 0.25) is 0 Å². The number of hydrogen-bond donors (Lipinski definition) is 1. The molecule has 2 aromatic heterocycles. The van der Waals surface area contributed by atoms with Gasteiger partial charge in [0.1, 0.15) is 11.6 Å². The van der Waals surface area contributed by atoms with Crippen LogP contribution in [0.25, 0.3) is 22.3 Å². The lowest BCUT2D eigenvalue weighted by molar-refractivity contribution is 0.415. The third kappa shape index (κ3) is 3.88. The molecule has 146 valence electrons. The van der Waals surface area contributed by atoms with Gasteiger partial charge in [-0.25, -0.2) is 18.4 Å². The summed E-state index contributed by atoms with van der Waals surface area (Å²) in [6.07, 6.45) is 4.53. The molecule has 2 heterocycles. The summed E-state index contributed by atoms with van der Waals surface area (Å²) in [6.45, 7) is 0. The third-order valence-corrected chi connectivity index (χ3v) is 5.52. The Labute approximate surface area is 168 Å². The number of anilines is 2. The van der Waals surface area contributed by atoms with E-state index in [2.05, 4.69) is 20.3 Å². The fourth-order valence-corrected chi connectivity index (χ4v) is 3.82. The van der Waals surface area contributed by atoms with E-state index >= 15 is 0 Å². The highest BCUT2D eigenvalue weighted by atomic mass is 32.2. The lowest BCUT2D eigenvalue weighted by Crippen LogP contribution is -2.05. The standard InChI is InChI=1S/C21H18N4O3S/c1-28-15-9-10-17-16(12-15)21(25-20(23-17)14-6-5-11-22-13-14)24-18-7-3-4-8-19(18)29(2,26)27/h3-13H,1-2H3,(H,23,24,25). The van der Waals surface area contributed by atoms with Gasteiger partial charge >= 0.3 is 0 Å². The van der Waals surface area contributed by atoms with E-state index in [0.29, 0.717) is 34.0 Å². The molecule has 0 aliphatic heterocycles. The number of methoxy groups -OCH3 is 1. The molecular weight excluding hydrogens is 388 g/mol. The van der Waals surface area contributed by atoms with E-state index in [9.17, 15) is 8.42 Å². The molecule has 0 saturated carbocycles. The number of aromatic nitrogens is 3. The summed E-state index contributed by atoms with van der Waals surface area (Å²) in [5, 5.41) is 3.89. The largest absolute Gasteiger partial charge is 0.497 e. The molecule has 4 aromatic rings. The van der Waals surface area contributed by atoms with Gasteiger partial charge in [-0.15, -0.1) is 0 Å². The Morgan fingerprint density at radius 1 is 1.00 bits per heavy atom. The zero-order chi connectivity index (χ0) is 20.4. The lowest BCUT2D eigenvalue weighted by Gasteiger charge is -2.14. The Morgan fingerprint density at radius 2 is 1.83 bits per heavy atom. The second-order valence-corrected chi connectivity index (χ2v) is 8.40. The van der Waals surface area contributed by atoms with E-state index in [4.69, 9.17) is 4.74 Å². The van der Waals surface area contributed by atoms with Crippen LogP contribution < -0.4 is 10.1 Å². The highest BCUT2D eigenvalue weighted by Gasteiger charge is 2.16.